The first kappa shape index (κ1) is 24.3. The third kappa shape index (κ3) is 6.34. The maximum Gasteiger partial charge on any atom is 0.408 e. The Kier molecular flexibility index (Phi) is 8.46. The molecule has 3 amide bonds. The fourth-order valence-corrected chi connectivity index (χ4v) is 3.95. The molecule has 0 aliphatic carbocycles. The van der Waals surface area contributed by atoms with Crippen LogP contribution in [-0.2, 0) is 27.4 Å². The van der Waals surface area contributed by atoms with Crippen molar-refractivity contribution in [3.63, 3.8) is 0 Å². The number of ether oxygens (including phenoxy) is 1. The molecule has 2 N–H and O–H groups in total. The van der Waals surface area contributed by atoms with E-state index in [2.05, 4.69) is 10.6 Å². The van der Waals surface area contributed by atoms with E-state index in [0.717, 1.165) is 29.7 Å². The number of anilines is 1. The standard InChI is InChI=1S/C26H33N3O4/c1-4-18(2)23(28-26(32)33-17-20-11-6-5-7-12-20)24(30)27-19(3)25(31)29-16-10-14-21-13-8-9-15-22(21)29/h5-9,11-13,15,18-19,23H,4,10,14,16-17H2,1-3H3,(H,27,30)(H,28,32)/t18-,19+,23+/m1/s1. The summed E-state index contributed by atoms with van der Waals surface area (Å²) in [5.74, 6) is -0.690. The lowest BCUT2D eigenvalue weighted by atomic mass is 9.98. The highest BCUT2D eigenvalue weighted by molar-refractivity contribution is 6.00. The summed E-state index contributed by atoms with van der Waals surface area (Å²) < 4.78 is 5.28. The number of hydrogen-bond donors (Lipinski definition) is 2. The van der Waals surface area contributed by atoms with E-state index in [0.29, 0.717) is 13.0 Å². The quantitative estimate of drug-likeness (QED) is 0.639. The van der Waals surface area contributed by atoms with Crippen molar-refractivity contribution in [2.24, 2.45) is 5.92 Å². The van der Waals surface area contributed by atoms with Crippen molar-refractivity contribution in [2.75, 3.05) is 11.4 Å². The Morgan fingerprint density at radius 2 is 1.70 bits per heavy atom. The Labute approximate surface area is 195 Å². The molecule has 176 valence electrons. The topological polar surface area (TPSA) is 87.7 Å². The number of alkyl carbamates (subject to hydrolysis) is 1. The van der Waals surface area contributed by atoms with Crippen LogP contribution in [0.15, 0.2) is 54.6 Å². The van der Waals surface area contributed by atoms with Crippen molar-refractivity contribution in [2.45, 2.75) is 58.7 Å². The number of aryl methyl sites for hydroxylation is 1. The SMILES string of the molecule is CC[C@@H](C)[C@H](NC(=O)OCc1ccccc1)C(=O)N[C@@H](C)C(=O)N1CCCc2ccccc21. The van der Waals surface area contributed by atoms with Crippen LogP contribution in [0.4, 0.5) is 10.5 Å². The number of fused-ring (bicyclic) bond motifs is 1. The molecule has 2 aromatic rings. The molecule has 1 aliphatic rings. The highest BCUT2D eigenvalue weighted by Gasteiger charge is 2.31. The highest BCUT2D eigenvalue weighted by atomic mass is 16.5. The predicted octanol–water partition coefficient (Wildman–Crippen LogP) is 3.81. The number of rotatable bonds is 8. The molecule has 7 nitrogen and oxygen atoms in total. The molecule has 3 rings (SSSR count). The number of nitrogens with one attached hydrogen (secondary N) is 2. The summed E-state index contributed by atoms with van der Waals surface area (Å²) >= 11 is 0. The van der Waals surface area contributed by atoms with Gasteiger partial charge < -0.3 is 20.3 Å². The van der Waals surface area contributed by atoms with Crippen LogP contribution in [0.3, 0.4) is 0 Å². The van der Waals surface area contributed by atoms with Crippen LogP contribution in [0.25, 0.3) is 0 Å². The second-order valence-electron chi connectivity index (χ2n) is 8.52. The summed E-state index contributed by atoms with van der Waals surface area (Å²) in [6, 6.07) is 15.7. The number of hydrogen-bond acceptors (Lipinski definition) is 4. The molecular weight excluding hydrogens is 418 g/mol. The molecule has 3 atom stereocenters. The predicted molar refractivity (Wildman–Crippen MR) is 128 cm³/mol. The van der Waals surface area contributed by atoms with E-state index in [9.17, 15) is 14.4 Å². The molecule has 0 saturated carbocycles. The average molecular weight is 452 g/mol. The number of para-hydroxylation sites is 1. The largest absolute Gasteiger partial charge is 0.445 e. The first-order valence-electron chi connectivity index (χ1n) is 11.6. The molecule has 0 bridgehead atoms. The molecule has 33 heavy (non-hydrogen) atoms. The normalized spacial score (nSPS) is 15.5. The summed E-state index contributed by atoms with van der Waals surface area (Å²) in [4.78, 5) is 40.3. The molecule has 1 heterocycles. The lowest BCUT2D eigenvalue weighted by Crippen LogP contribution is -2.55. The van der Waals surface area contributed by atoms with Crippen molar-refractivity contribution in [1.82, 2.24) is 10.6 Å². The van der Waals surface area contributed by atoms with Gasteiger partial charge in [0.15, 0.2) is 0 Å². The first-order valence-corrected chi connectivity index (χ1v) is 11.6. The number of carbonyl (C=O) groups is 3. The number of amides is 3. The van der Waals surface area contributed by atoms with Gasteiger partial charge >= 0.3 is 6.09 Å². The summed E-state index contributed by atoms with van der Waals surface area (Å²) in [5, 5.41) is 5.48. The van der Waals surface area contributed by atoms with Crippen molar-refractivity contribution >= 4 is 23.6 Å². The maximum atomic E-state index is 13.1. The van der Waals surface area contributed by atoms with Crippen molar-refractivity contribution in [1.29, 1.82) is 0 Å². The smallest absolute Gasteiger partial charge is 0.408 e. The van der Waals surface area contributed by atoms with Gasteiger partial charge in [0.25, 0.3) is 0 Å². The van der Waals surface area contributed by atoms with Crippen LogP contribution in [0.1, 0.15) is 44.7 Å². The number of carbonyl (C=O) groups excluding carboxylic acids is 3. The van der Waals surface area contributed by atoms with E-state index in [4.69, 9.17) is 4.74 Å². The van der Waals surface area contributed by atoms with Gasteiger partial charge in [0.05, 0.1) is 0 Å². The maximum absolute atomic E-state index is 13.1. The van der Waals surface area contributed by atoms with Gasteiger partial charge in [-0.1, -0.05) is 68.8 Å². The fourth-order valence-electron chi connectivity index (χ4n) is 3.95. The number of nitrogens with zero attached hydrogens (tertiary/aromatic N) is 1. The van der Waals surface area contributed by atoms with Crippen LogP contribution >= 0.6 is 0 Å². The van der Waals surface area contributed by atoms with Gasteiger partial charge in [0.1, 0.15) is 18.7 Å². The molecule has 0 radical (unpaired) electrons. The van der Waals surface area contributed by atoms with Gasteiger partial charge in [-0.3, -0.25) is 9.59 Å². The molecular formula is C26H33N3O4. The minimum Gasteiger partial charge on any atom is -0.445 e. The van der Waals surface area contributed by atoms with Crippen LogP contribution < -0.4 is 15.5 Å². The van der Waals surface area contributed by atoms with Crippen LogP contribution in [0.5, 0.6) is 0 Å². The molecule has 0 fully saturated rings. The molecule has 7 heteroatoms. The summed E-state index contributed by atoms with van der Waals surface area (Å²) in [5.41, 5.74) is 2.89. The summed E-state index contributed by atoms with van der Waals surface area (Å²) in [6.07, 6.45) is 1.83. The first-order chi connectivity index (χ1) is 15.9. The second kappa shape index (κ2) is 11.5. The van der Waals surface area contributed by atoms with E-state index in [1.54, 1.807) is 11.8 Å². The Bertz CT molecular complexity index is 963. The van der Waals surface area contributed by atoms with E-state index in [1.807, 2.05) is 68.4 Å². The molecule has 1 aliphatic heterocycles. The van der Waals surface area contributed by atoms with E-state index in [1.165, 1.54) is 0 Å². The molecule has 0 unspecified atom stereocenters. The second-order valence-corrected chi connectivity index (χ2v) is 8.52. The van der Waals surface area contributed by atoms with Crippen LogP contribution in [0.2, 0.25) is 0 Å². The fraction of sp³-hybridized carbons (Fsp3) is 0.423. The number of benzene rings is 2. The monoisotopic (exact) mass is 451 g/mol. The van der Waals surface area contributed by atoms with E-state index >= 15 is 0 Å². The lowest BCUT2D eigenvalue weighted by molar-refractivity contribution is -0.129. The van der Waals surface area contributed by atoms with Gasteiger partial charge in [0.2, 0.25) is 11.8 Å². The zero-order chi connectivity index (χ0) is 23.8. The van der Waals surface area contributed by atoms with E-state index < -0.39 is 24.1 Å². The van der Waals surface area contributed by atoms with Crippen molar-refractivity contribution in [3.05, 3.63) is 65.7 Å². The lowest BCUT2D eigenvalue weighted by Gasteiger charge is -2.32. The van der Waals surface area contributed by atoms with Crippen molar-refractivity contribution < 1.29 is 19.1 Å². The van der Waals surface area contributed by atoms with Gasteiger partial charge in [0, 0.05) is 12.2 Å². The Morgan fingerprint density at radius 3 is 2.42 bits per heavy atom. The highest BCUT2D eigenvalue weighted by Crippen LogP contribution is 2.27. The Hall–Kier alpha value is -3.35. The molecule has 0 saturated heterocycles. The molecule has 2 aromatic carbocycles. The van der Waals surface area contributed by atoms with Gasteiger partial charge in [-0.05, 0) is 42.9 Å². The Morgan fingerprint density at radius 1 is 1.00 bits per heavy atom. The summed E-state index contributed by atoms with van der Waals surface area (Å²) in [7, 11) is 0. The van der Waals surface area contributed by atoms with Crippen LogP contribution in [0, 0.1) is 5.92 Å². The third-order valence-electron chi connectivity index (χ3n) is 6.09. The minimum absolute atomic E-state index is 0.116. The minimum atomic E-state index is -0.804. The molecule has 0 spiro atoms. The van der Waals surface area contributed by atoms with Crippen LogP contribution in [-0.4, -0.2) is 36.5 Å². The van der Waals surface area contributed by atoms with Crippen molar-refractivity contribution in [3.8, 4) is 0 Å². The van der Waals surface area contributed by atoms with Gasteiger partial charge in [-0.2, -0.15) is 0 Å². The average Bonchev–Trinajstić information content (AvgIpc) is 2.85. The van der Waals surface area contributed by atoms with Gasteiger partial charge in [-0.15, -0.1) is 0 Å². The third-order valence-corrected chi connectivity index (χ3v) is 6.09. The summed E-state index contributed by atoms with van der Waals surface area (Å²) in [6.45, 7) is 6.24. The Balaban J connectivity index is 1.61. The zero-order valence-electron chi connectivity index (χ0n) is 19.5. The zero-order valence-corrected chi connectivity index (χ0v) is 19.5. The molecule has 0 aromatic heterocycles. The van der Waals surface area contributed by atoms with E-state index in [-0.39, 0.29) is 18.4 Å². The van der Waals surface area contributed by atoms with Gasteiger partial charge in [-0.25, -0.2) is 4.79 Å².